The summed E-state index contributed by atoms with van der Waals surface area (Å²) in [5.41, 5.74) is 2.16. The van der Waals surface area contributed by atoms with Crippen molar-refractivity contribution in [3.8, 4) is 0 Å². The first-order valence-corrected chi connectivity index (χ1v) is 8.87. The van der Waals surface area contributed by atoms with Crippen LogP contribution in [0.5, 0.6) is 0 Å². The first-order valence-electron chi connectivity index (χ1n) is 8.87. The maximum Gasteiger partial charge on any atom is 0.277 e. The quantitative estimate of drug-likeness (QED) is 0.463. The summed E-state index contributed by atoms with van der Waals surface area (Å²) in [7, 11) is 0. The van der Waals surface area contributed by atoms with Gasteiger partial charge in [0.05, 0.1) is 10.5 Å². The van der Waals surface area contributed by atoms with Gasteiger partial charge < -0.3 is 5.32 Å². The third-order valence-corrected chi connectivity index (χ3v) is 4.72. The van der Waals surface area contributed by atoms with Gasteiger partial charge in [-0.15, -0.1) is 0 Å². The van der Waals surface area contributed by atoms with Crippen LogP contribution in [0.15, 0.2) is 60.7 Å². The predicted molar refractivity (Wildman–Crippen MR) is 102 cm³/mol. The molecule has 1 atom stereocenters. The van der Waals surface area contributed by atoms with Crippen molar-refractivity contribution in [1.82, 2.24) is 5.32 Å². The molecule has 1 unspecified atom stereocenters. The van der Waals surface area contributed by atoms with Crippen molar-refractivity contribution in [3.63, 3.8) is 0 Å². The van der Waals surface area contributed by atoms with E-state index >= 15 is 0 Å². The second kappa shape index (κ2) is 8.54. The van der Waals surface area contributed by atoms with Crippen LogP contribution in [0, 0.1) is 16.0 Å². The molecule has 3 rings (SSSR count). The predicted octanol–water partition coefficient (Wildman–Crippen LogP) is 4.14. The van der Waals surface area contributed by atoms with Crippen LogP contribution in [0.1, 0.15) is 30.4 Å². The smallest absolute Gasteiger partial charge is 0.277 e. The largest absolute Gasteiger partial charge is 0.313 e. The number of ketones is 1. The van der Waals surface area contributed by atoms with Gasteiger partial charge in [-0.05, 0) is 36.9 Å². The van der Waals surface area contributed by atoms with E-state index in [0.29, 0.717) is 17.6 Å². The molecule has 1 aliphatic carbocycles. The molecule has 0 heterocycles. The summed E-state index contributed by atoms with van der Waals surface area (Å²) in [6, 6.07) is 16.7. The highest BCUT2D eigenvalue weighted by Gasteiger charge is 2.26. The number of nitro benzene ring substituents is 1. The lowest BCUT2D eigenvalue weighted by atomic mass is 9.83. The number of nitrogens with zero attached hydrogens (tertiary/aromatic N) is 1. The lowest BCUT2D eigenvalue weighted by molar-refractivity contribution is -0.385. The third-order valence-electron chi connectivity index (χ3n) is 4.72. The Labute approximate surface area is 152 Å². The van der Waals surface area contributed by atoms with Crippen molar-refractivity contribution in [3.05, 3.63) is 81.9 Å². The number of para-hydroxylation sites is 1. The molecule has 1 N–H and O–H groups in total. The molecule has 0 radical (unpaired) electrons. The number of hydrogen-bond donors (Lipinski definition) is 1. The minimum atomic E-state index is -0.428. The lowest BCUT2D eigenvalue weighted by Crippen LogP contribution is -2.21. The molecule has 0 saturated heterocycles. The molecule has 0 bridgehead atoms. The zero-order valence-corrected chi connectivity index (χ0v) is 14.6. The fourth-order valence-corrected chi connectivity index (χ4v) is 3.33. The number of Topliss-reactive ketones (excluding diaryl/α,β-unsaturated/α-hetero) is 1. The number of carbonyl (C=O) groups is 1. The number of rotatable bonds is 7. The van der Waals surface area contributed by atoms with Crippen molar-refractivity contribution >= 4 is 17.0 Å². The monoisotopic (exact) mass is 350 g/mol. The van der Waals surface area contributed by atoms with E-state index in [1.165, 1.54) is 11.6 Å². The average Bonchev–Trinajstić information content (AvgIpc) is 2.66. The summed E-state index contributed by atoms with van der Waals surface area (Å²) >= 11 is 0. The zero-order valence-electron chi connectivity index (χ0n) is 14.6. The molecule has 0 aromatic heterocycles. The highest BCUT2D eigenvalue weighted by atomic mass is 16.6. The molecular formula is C21H22N2O3. The molecule has 134 valence electrons. The van der Waals surface area contributed by atoms with E-state index in [0.717, 1.165) is 25.9 Å². The molecule has 1 aliphatic rings. The van der Waals surface area contributed by atoms with Crippen LogP contribution in [0.3, 0.4) is 0 Å². The normalized spacial score (nSPS) is 17.0. The van der Waals surface area contributed by atoms with Crippen molar-refractivity contribution in [2.45, 2.75) is 25.8 Å². The Bertz CT molecular complexity index is 815. The van der Waals surface area contributed by atoms with Gasteiger partial charge in [-0.2, -0.15) is 0 Å². The van der Waals surface area contributed by atoms with E-state index in [2.05, 4.69) is 17.4 Å². The molecule has 26 heavy (non-hydrogen) atoms. The van der Waals surface area contributed by atoms with Gasteiger partial charge in [0.25, 0.3) is 5.69 Å². The van der Waals surface area contributed by atoms with E-state index in [-0.39, 0.29) is 17.4 Å². The highest BCUT2D eigenvalue weighted by molar-refractivity contribution is 6.22. The van der Waals surface area contributed by atoms with E-state index < -0.39 is 4.92 Å². The van der Waals surface area contributed by atoms with Crippen molar-refractivity contribution in [2.24, 2.45) is 5.92 Å². The van der Waals surface area contributed by atoms with Gasteiger partial charge in [0.1, 0.15) is 0 Å². The van der Waals surface area contributed by atoms with Gasteiger partial charge in [-0.25, -0.2) is 0 Å². The van der Waals surface area contributed by atoms with E-state index in [4.69, 9.17) is 0 Å². The Morgan fingerprint density at radius 3 is 2.54 bits per heavy atom. The number of nitro groups is 1. The van der Waals surface area contributed by atoms with Crippen LogP contribution in [-0.4, -0.2) is 17.3 Å². The molecule has 0 fully saturated rings. The molecule has 2 aromatic carbocycles. The highest BCUT2D eigenvalue weighted by Crippen LogP contribution is 2.33. The number of carbonyl (C=O) groups excluding carboxylic acids is 1. The minimum Gasteiger partial charge on any atom is -0.313 e. The summed E-state index contributed by atoms with van der Waals surface area (Å²) in [6.07, 6.45) is 4.01. The Kier molecular flexibility index (Phi) is 5.92. The van der Waals surface area contributed by atoms with Crippen molar-refractivity contribution < 1.29 is 9.72 Å². The lowest BCUT2D eigenvalue weighted by Gasteiger charge is -2.21. The van der Waals surface area contributed by atoms with Crippen molar-refractivity contribution in [2.75, 3.05) is 6.54 Å². The number of hydrogen-bond acceptors (Lipinski definition) is 4. The van der Waals surface area contributed by atoms with Crippen LogP contribution in [0.25, 0.3) is 5.57 Å². The molecule has 5 nitrogen and oxygen atoms in total. The van der Waals surface area contributed by atoms with E-state index in [9.17, 15) is 14.9 Å². The van der Waals surface area contributed by atoms with Crippen LogP contribution in [0.4, 0.5) is 5.69 Å². The molecule has 5 heteroatoms. The maximum atomic E-state index is 12.5. The summed E-state index contributed by atoms with van der Waals surface area (Å²) in [4.78, 5) is 23.3. The standard InChI is InChI=1S/C21H22N2O3/c24-21-14-16(12-13-22-15-17-6-2-1-3-7-17)10-11-19(21)18-8-4-5-9-20(18)23(25)26/h1-9,11,16,22H,10,12-15H2. The van der Waals surface area contributed by atoms with Crippen LogP contribution in [-0.2, 0) is 11.3 Å². The van der Waals surface area contributed by atoms with Gasteiger partial charge in [0.2, 0.25) is 0 Å². The molecule has 0 saturated carbocycles. The molecule has 0 spiro atoms. The molecule has 0 aliphatic heterocycles. The fraction of sp³-hybridized carbons (Fsp3) is 0.286. The molecule has 0 amide bonds. The fourth-order valence-electron chi connectivity index (χ4n) is 3.33. The second-order valence-corrected chi connectivity index (χ2v) is 6.57. The van der Waals surface area contributed by atoms with Gasteiger partial charge in [-0.3, -0.25) is 14.9 Å². The Hall–Kier alpha value is -2.79. The van der Waals surface area contributed by atoms with E-state index in [1.54, 1.807) is 18.2 Å². The topological polar surface area (TPSA) is 72.2 Å². The minimum absolute atomic E-state index is 0.00129. The van der Waals surface area contributed by atoms with Gasteiger partial charge in [0, 0.05) is 24.6 Å². The third kappa shape index (κ3) is 4.43. The molecular weight excluding hydrogens is 328 g/mol. The van der Waals surface area contributed by atoms with Gasteiger partial charge >= 0.3 is 0 Å². The number of allylic oxidation sites excluding steroid dienone is 2. The van der Waals surface area contributed by atoms with Gasteiger partial charge in [0.15, 0.2) is 5.78 Å². The van der Waals surface area contributed by atoms with Crippen LogP contribution in [0.2, 0.25) is 0 Å². The van der Waals surface area contributed by atoms with Crippen LogP contribution >= 0.6 is 0 Å². The zero-order chi connectivity index (χ0) is 18.4. The van der Waals surface area contributed by atoms with Crippen LogP contribution < -0.4 is 5.32 Å². The summed E-state index contributed by atoms with van der Waals surface area (Å²) in [5.74, 6) is 0.288. The Morgan fingerprint density at radius 1 is 1.08 bits per heavy atom. The summed E-state index contributed by atoms with van der Waals surface area (Å²) in [6.45, 7) is 1.67. The van der Waals surface area contributed by atoms with E-state index in [1.807, 2.05) is 24.3 Å². The average molecular weight is 350 g/mol. The summed E-state index contributed by atoms with van der Waals surface area (Å²) in [5, 5.41) is 14.6. The molecule has 2 aromatic rings. The summed E-state index contributed by atoms with van der Waals surface area (Å²) < 4.78 is 0. The SMILES string of the molecule is O=C1CC(CCNCc2ccccc2)CC=C1c1ccccc1[N+](=O)[O-]. The number of nitrogens with one attached hydrogen (secondary N) is 1. The maximum absolute atomic E-state index is 12.5. The van der Waals surface area contributed by atoms with Gasteiger partial charge in [-0.1, -0.05) is 48.5 Å². The first kappa shape index (κ1) is 18.0. The number of benzene rings is 2. The first-order chi connectivity index (χ1) is 12.6. The Morgan fingerprint density at radius 2 is 1.81 bits per heavy atom. The Balaban J connectivity index is 1.56. The second-order valence-electron chi connectivity index (χ2n) is 6.57. The van der Waals surface area contributed by atoms with Crippen molar-refractivity contribution in [1.29, 1.82) is 0 Å².